The summed E-state index contributed by atoms with van der Waals surface area (Å²) in [4.78, 5) is 23.6. The summed E-state index contributed by atoms with van der Waals surface area (Å²) in [5.74, 6) is -2.30. The Hall–Kier alpha value is -2.31. The molecule has 11 heteroatoms. The van der Waals surface area contributed by atoms with Gasteiger partial charge in [0, 0.05) is 9.26 Å². The van der Waals surface area contributed by atoms with Gasteiger partial charge in [0.15, 0.2) is 6.61 Å². The summed E-state index contributed by atoms with van der Waals surface area (Å²) in [6.45, 7) is -0.886. The van der Waals surface area contributed by atoms with Crippen LogP contribution in [0.3, 0.4) is 0 Å². The van der Waals surface area contributed by atoms with E-state index < -0.39 is 47.5 Å². The first-order chi connectivity index (χ1) is 12.9. The minimum absolute atomic E-state index is 0.111. The molecule has 0 aliphatic rings. The van der Waals surface area contributed by atoms with Crippen molar-refractivity contribution in [2.45, 2.75) is 12.4 Å². The zero-order valence-corrected chi connectivity index (χ0v) is 15.8. The zero-order chi connectivity index (χ0) is 21.1. The lowest BCUT2D eigenvalue weighted by atomic mass is 10.0. The Morgan fingerprint density at radius 3 is 1.86 bits per heavy atom. The molecule has 0 saturated carbocycles. The first-order valence-electron chi connectivity index (χ1n) is 7.38. The molecule has 0 aliphatic heterocycles. The van der Waals surface area contributed by atoms with Gasteiger partial charge in [0.1, 0.15) is 0 Å². The lowest BCUT2D eigenvalue weighted by Crippen LogP contribution is -2.21. The van der Waals surface area contributed by atoms with Crippen LogP contribution in [0.25, 0.3) is 0 Å². The van der Waals surface area contributed by atoms with Gasteiger partial charge in [-0.25, -0.2) is 4.79 Å². The molecule has 0 fully saturated rings. The highest BCUT2D eigenvalue weighted by Crippen LogP contribution is 2.36. The maximum atomic E-state index is 12.8. The van der Waals surface area contributed by atoms with Crippen LogP contribution >= 0.6 is 22.6 Å². The molecule has 1 N–H and O–H groups in total. The van der Waals surface area contributed by atoms with Gasteiger partial charge >= 0.3 is 18.3 Å². The van der Waals surface area contributed by atoms with E-state index in [4.69, 9.17) is 0 Å². The minimum atomic E-state index is -5.10. The third-order valence-corrected chi connectivity index (χ3v) is 4.00. The first-order valence-corrected chi connectivity index (χ1v) is 8.46. The molecule has 0 aliphatic carbocycles. The fourth-order valence-electron chi connectivity index (χ4n) is 2.02. The van der Waals surface area contributed by atoms with Gasteiger partial charge in [-0.2, -0.15) is 26.3 Å². The Morgan fingerprint density at radius 1 is 0.893 bits per heavy atom. The van der Waals surface area contributed by atoms with E-state index in [1.807, 2.05) is 22.6 Å². The van der Waals surface area contributed by atoms with E-state index in [2.05, 4.69) is 10.1 Å². The molecule has 2 aromatic carbocycles. The maximum Gasteiger partial charge on any atom is 0.416 e. The van der Waals surface area contributed by atoms with Gasteiger partial charge in [0.2, 0.25) is 0 Å². The third-order valence-electron chi connectivity index (χ3n) is 3.29. The predicted octanol–water partition coefficient (Wildman–Crippen LogP) is 5.12. The fourth-order valence-corrected chi connectivity index (χ4v) is 2.38. The Labute approximate surface area is 168 Å². The average molecular weight is 517 g/mol. The first kappa shape index (κ1) is 22.0. The second-order valence-corrected chi connectivity index (χ2v) is 6.67. The van der Waals surface area contributed by atoms with Gasteiger partial charge in [-0.3, -0.25) is 4.79 Å². The SMILES string of the molecule is O=C(COC(=O)c1cc(C(F)(F)F)cc(C(F)(F)F)c1)Nc1ccc(I)cc1. The highest BCUT2D eigenvalue weighted by atomic mass is 127. The van der Waals surface area contributed by atoms with Gasteiger partial charge in [-0.15, -0.1) is 0 Å². The molecule has 2 aromatic rings. The molecule has 0 radical (unpaired) electrons. The van der Waals surface area contributed by atoms with Crippen molar-refractivity contribution >= 4 is 40.2 Å². The molecule has 28 heavy (non-hydrogen) atoms. The van der Waals surface area contributed by atoms with Gasteiger partial charge < -0.3 is 10.1 Å². The number of benzene rings is 2. The summed E-state index contributed by atoms with van der Waals surface area (Å²) in [7, 11) is 0. The Morgan fingerprint density at radius 2 is 1.39 bits per heavy atom. The fraction of sp³-hybridized carbons (Fsp3) is 0.176. The molecule has 4 nitrogen and oxygen atoms in total. The van der Waals surface area contributed by atoms with Crippen molar-refractivity contribution in [3.63, 3.8) is 0 Å². The molecule has 0 saturated heterocycles. The van der Waals surface area contributed by atoms with Crippen molar-refractivity contribution in [1.29, 1.82) is 0 Å². The number of halogens is 7. The van der Waals surface area contributed by atoms with Crippen molar-refractivity contribution in [3.8, 4) is 0 Å². The molecular formula is C17H10F6INO3. The number of amides is 1. The number of carbonyl (C=O) groups excluding carboxylic acids is 2. The van der Waals surface area contributed by atoms with E-state index in [1.165, 1.54) is 0 Å². The van der Waals surface area contributed by atoms with E-state index in [0.29, 0.717) is 5.69 Å². The van der Waals surface area contributed by atoms with E-state index in [9.17, 15) is 35.9 Å². The number of carbonyl (C=O) groups is 2. The minimum Gasteiger partial charge on any atom is -0.452 e. The second-order valence-electron chi connectivity index (χ2n) is 5.43. The normalized spacial score (nSPS) is 11.8. The molecule has 0 heterocycles. The van der Waals surface area contributed by atoms with Gasteiger partial charge in [-0.1, -0.05) is 0 Å². The smallest absolute Gasteiger partial charge is 0.416 e. The largest absolute Gasteiger partial charge is 0.452 e. The molecular weight excluding hydrogens is 507 g/mol. The Kier molecular flexibility index (Phi) is 6.57. The average Bonchev–Trinajstić information content (AvgIpc) is 2.59. The quantitative estimate of drug-likeness (QED) is 0.348. The number of anilines is 1. The van der Waals surface area contributed by atoms with E-state index in [-0.39, 0.29) is 18.2 Å². The van der Waals surface area contributed by atoms with Crippen molar-refractivity contribution < 1.29 is 40.7 Å². The Balaban J connectivity index is 2.12. The molecule has 0 bridgehead atoms. The number of alkyl halides is 6. The third kappa shape index (κ3) is 6.11. The van der Waals surface area contributed by atoms with E-state index in [1.54, 1.807) is 24.3 Å². The van der Waals surface area contributed by atoms with Gasteiger partial charge in [-0.05, 0) is 65.1 Å². The van der Waals surface area contributed by atoms with Crippen molar-refractivity contribution in [3.05, 3.63) is 62.7 Å². The summed E-state index contributed by atoms with van der Waals surface area (Å²) in [5.41, 5.74) is -3.90. The van der Waals surface area contributed by atoms with Crippen LogP contribution in [0, 0.1) is 3.57 Å². The molecule has 150 valence electrons. The number of hydrogen-bond donors (Lipinski definition) is 1. The van der Waals surface area contributed by atoms with E-state index in [0.717, 1.165) is 3.57 Å². The number of nitrogens with one attached hydrogen (secondary N) is 1. The molecule has 2 rings (SSSR count). The summed E-state index contributed by atoms with van der Waals surface area (Å²) in [5, 5.41) is 2.37. The van der Waals surface area contributed by atoms with Crippen molar-refractivity contribution in [2.24, 2.45) is 0 Å². The maximum absolute atomic E-state index is 12.8. The van der Waals surface area contributed by atoms with Crippen LogP contribution in [0.15, 0.2) is 42.5 Å². The monoisotopic (exact) mass is 517 g/mol. The summed E-state index contributed by atoms with van der Waals surface area (Å²) >= 11 is 2.04. The van der Waals surface area contributed by atoms with Crippen LogP contribution in [0.2, 0.25) is 0 Å². The number of ether oxygens (including phenoxy) is 1. The zero-order valence-electron chi connectivity index (χ0n) is 13.6. The summed E-state index contributed by atoms with van der Waals surface area (Å²) < 4.78 is 82.2. The van der Waals surface area contributed by atoms with Crippen LogP contribution < -0.4 is 5.32 Å². The molecule has 0 aromatic heterocycles. The van der Waals surface area contributed by atoms with Crippen LogP contribution in [0.1, 0.15) is 21.5 Å². The highest BCUT2D eigenvalue weighted by molar-refractivity contribution is 14.1. The molecule has 0 atom stereocenters. The molecule has 1 amide bonds. The number of rotatable bonds is 4. The number of esters is 1. The summed E-state index contributed by atoms with van der Waals surface area (Å²) in [6.07, 6.45) is -10.2. The van der Waals surface area contributed by atoms with Crippen LogP contribution in [0.5, 0.6) is 0 Å². The molecule has 0 spiro atoms. The lowest BCUT2D eigenvalue weighted by molar-refractivity contribution is -0.143. The van der Waals surface area contributed by atoms with Crippen LogP contribution in [-0.4, -0.2) is 18.5 Å². The van der Waals surface area contributed by atoms with Gasteiger partial charge in [0.05, 0.1) is 16.7 Å². The topological polar surface area (TPSA) is 55.4 Å². The predicted molar refractivity (Wildman–Crippen MR) is 94.5 cm³/mol. The number of hydrogen-bond acceptors (Lipinski definition) is 3. The Bertz CT molecular complexity index is 846. The highest BCUT2D eigenvalue weighted by Gasteiger charge is 2.37. The summed E-state index contributed by atoms with van der Waals surface area (Å²) in [6, 6.07) is 6.84. The standard InChI is InChI=1S/C17H10F6INO3/c18-16(19,20)10-5-9(6-11(7-10)17(21,22)23)15(27)28-8-14(26)25-13-3-1-12(24)2-4-13/h1-7H,8H2,(H,25,26). The van der Waals surface area contributed by atoms with Crippen LogP contribution in [0.4, 0.5) is 32.0 Å². The van der Waals surface area contributed by atoms with Gasteiger partial charge in [0.25, 0.3) is 5.91 Å². The van der Waals surface area contributed by atoms with E-state index >= 15 is 0 Å². The second kappa shape index (κ2) is 8.37. The van der Waals surface area contributed by atoms with Crippen LogP contribution in [-0.2, 0) is 21.9 Å². The van der Waals surface area contributed by atoms with Crippen molar-refractivity contribution in [1.82, 2.24) is 0 Å². The molecule has 0 unspecified atom stereocenters. The lowest BCUT2D eigenvalue weighted by Gasteiger charge is -2.14. The van der Waals surface area contributed by atoms with Crippen molar-refractivity contribution in [2.75, 3.05) is 11.9 Å².